The molecule has 2 atom stereocenters. The van der Waals surface area contributed by atoms with Crippen molar-refractivity contribution in [2.24, 2.45) is 0 Å². The van der Waals surface area contributed by atoms with Crippen LogP contribution in [0.4, 0.5) is 0 Å². The lowest BCUT2D eigenvalue weighted by Crippen LogP contribution is -2.48. The van der Waals surface area contributed by atoms with Crippen LogP contribution >= 0.6 is 23.1 Å². The lowest BCUT2D eigenvalue weighted by atomic mass is 9.98. The molecule has 1 aliphatic heterocycles. The number of thiazole rings is 1. The second-order valence-corrected chi connectivity index (χ2v) is 8.48. The molecule has 0 saturated carbocycles. The topological polar surface area (TPSA) is 54.5 Å². The number of thioether (sulfide) groups is 1. The summed E-state index contributed by atoms with van der Waals surface area (Å²) in [5.41, 5.74) is 2.23. The van der Waals surface area contributed by atoms with Crippen molar-refractivity contribution in [2.45, 2.75) is 30.3 Å². The predicted octanol–water partition coefficient (Wildman–Crippen LogP) is 3.12. The van der Waals surface area contributed by atoms with Crippen LogP contribution in [0.1, 0.15) is 24.2 Å². The molecule has 2 unspecified atom stereocenters. The van der Waals surface area contributed by atoms with Crippen LogP contribution in [0.25, 0.3) is 0 Å². The summed E-state index contributed by atoms with van der Waals surface area (Å²) in [6.45, 7) is 7.30. The van der Waals surface area contributed by atoms with Crippen LogP contribution in [0.2, 0.25) is 0 Å². The number of hydrogen-bond donors (Lipinski definition) is 1. The van der Waals surface area contributed by atoms with Gasteiger partial charge >= 0.3 is 0 Å². The molecule has 1 aliphatic rings. The number of aryl methyl sites for hydroxylation is 1. The maximum absolute atomic E-state index is 12.5. The van der Waals surface area contributed by atoms with E-state index in [1.54, 1.807) is 11.3 Å². The van der Waals surface area contributed by atoms with E-state index < -0.39 is 0 Å². The quantitative estimate of drug-likeness (QED) is 0.735. The molecule has 2 aromatic rings. The molecular weight excluding hydrogens is 366 g/mol. The van der Waals surface area contributed by atoms with Gasteiger partial charge in [0.15, 0.2) is 4.34 Å². The van der Waals surface area contributed by atoms with E-state index in [4.69, 9.17) is 4.74 Å². The van der Waals surface area contributed by atoms with Crippen LogP contribution in [-0.4, -0.2) is 53.9 Å². The van der Waals surface area contributed by atoms with Gasteiger partial charge in [-0.1, -0.05) is 42.1 Å². The highest BCUT2D eigenvalue weighted by Gasteiger charge is 2.28. The normalized spacial score (nSPS) is 17.6. The summed E-state index contributed by atoms with van der Waals surface area (Å²) in [4.78, 5) is 19.3. The van der Waals surface area contributed by atoms with Crippen LogP contribution in [0.15, 0.2) is 40.1 Å². The number of carbonyl (C=O) groups excluding carboxylic acids is 1. The van der Waals surface area contributed by atoms with Gasteiger partial charge in [0.1, 0.15) is 0 Å². The molecule has 1 N–H and O–H groups in total. The van der Waals surface area contributed by atoms with Gasteiger partial charge in [-0.25, -0.2) is 4.98 Å². The first-order valence-electron chi connectivity index (χ1n) is 8.84. The minimum Gasteiger partial charge on any atom is -0.379 e. The van der Waals surface area contributed by atoms with Crippen LogP contribution in [0.5, 0.6) is 0 Å². The zero-order valence-corrected chi connectivity index (χ0v) is 16.8. The van der Waals surface area contributed by atoms with Crippen LogP contribution in [-0.2, 0) is 9.53 Å². The van der Waals surface area contributed by atoms with Gasteiger partial charge < -0.3 is 10.1 Å². The van der Waals surface area contributed by atoms with Gasteiger partial charge in [0.25, 0.3) is 0 Å². The molecule has 26 heavy (non-hydrogen) atoms. The molecule has 0 bridgehead atoms. The third-order valence-corrected chi connectivity index (χ3v) is 6.51. The van der Waals surface area contributed by atoms with E-state index in [0.717, 1.165) is 36.3 Å². The zero-order valence-electron chi connectivity index (χ0n) is 15.2. The highest BCUT2D eigenvalue weighted by Crippen LogP contribution is 2.26. The Hall–Kier alpha value is -1.41. The number of nitrogens with zero attached hydrogens (tertiary/aromatic N) is 2. The highest BCUT2D eigenvalue weighted by molar-refractivity contribution is 8.01. The van der Waals surface area contributed by atoms with Gasteiger partial charge in [-0.05, 0) is 19.4 Å². The Bertz CT molecular complexity index is 702. The van der Waals surface area contributed by atoms with E-state index in [0.29, 0.717) is 5.75 Å². The van der Waals surface area contributed by atoms with Gasteiger partial charge in [0.2, 0.25) is 5.91 Å². The SMILES string of the molecule is Cc1csc(SCC(=O)NC(C)C(c2ccccc2)N2CCOCC2)n1. The fraction of sp³-hybridized carbons (Fsp3) is 0.474. The van der Waals surface area contributed by atoms with Gasteiger partial charge in [0.05, 0.1) is 25.0 Å². The predicted molar refractivity (Wildman–Crippen MR) is 107 cm³/mol. The fourth-order valence-corrected chi connectivity index (χ4v) is 4.88. The lowest BCUT2D eigenvalue weighted by molar-refractivity contribution is -0.119. The molecule has 3 rings (SSSR count). The van der Waals surface area contributed by atoms with Crippen molar-refractivity contribution in [3.05, 3.63) is 47.0 Å². The average molecular weight is 392 g/mol. The molecule has 7 heteroatoms. The summed E-state index contributed by atoms with van der Waals surface area (Å²) >= 11 is 3.08. The van der Waals surface area contributed by atoms with Crippen LogP contribution in [0, 0.1) is 6.92 Å². The Balaban J connectivity index is 1.62. The largest absolute Gasteiger partial charge is 0.379 e. The van der Waals surface area contributed by atoms with E-state index in [-0.39, 0.29) is 18.0 Å². The van der Waals surface area contributed by atoms with E-state index in [2.05, 4.69) is 46.4 Å². The van der Waals surface area contributed by atoms with Crippen molar-refractivity contribution in [3.8, 4) is 0 Å². The summed E-state index contributed by atoms with van der Waals surface area (Å²) in [6.07, 6.45) is 0. The number of nitrogens with one attached hydrogen (secondary N) is 1. The molecule has 5 nitrogen and oxygen atoms in total. The zero-order chi connectivity index (χ0) is 18.4. The summed E-state index contributed by atoms with van der Waals surface area (Å²) in [6, 6.07) is 10.6. The van der Waals surface area contributed by atoms with Crippen molar-refractivity contribution in [1.82, 2.24) is 15.2 Å². The molecule has 140 valence electrons. The number of benzene rings is 1. The van der Waals surface area contributed by atoms with Crippen molar-refractivity contribution in [3.63, 3.8) is 0 Å². The van der Waals surface area contributed by atoms with Crippen LogP contribution in [0.3, 0.4) is 0 Å². The van der Waals surface area contributed by atoms with E-state index in [9.17, 15) is 4.79 Å². The van der Waals surface area contributed by atoms with Crippen molar-refractivity contribution in [2.75, 3.05) is 32.1 Å². The molecule has 1 aromatic carbocycles. The monoisotopic (exact) mass is 391 g/mol. The number of aromatic nitrogens is 1. The van der Waals surface area contributed by atoms with Crippen molar-refractivity contribution < 1.29 is 9.53 Å². The summed E-state index contributed by atoms with van der Waals surface area (Å²) in [5.74, 6) is 0.437. The third kappa shape index (κ3) is 5.30. The molecule has 1 amide bonds. The number of carbonyl (C=O) groups is 1. The Morgan fingerprint density at radius 3 is 2.73 bits per heavy atom. The molecule has 1 fully saturated rings. The first kappa shape index (κ1) is 19.4. The number of amides is 1. The molecule has 0 radical (unpaired) electrons. The number of hydrogen-bond acceptors (Lipinski definition) is 6. The van der Waals surface area contributed by atoms with Gasteiger partial charge in [-0.2, -0.15) is 0 Å². The maximum atomic E-state index is 12.5. The molecular formula is C19H25N3O2S2. The van der Waals surface area contributed by atoms with E-state index in [1.165, 1.54) is 17.3 Å². The van der Waals surface area contributed by atoms with Crippen LogP contribution < -0.4 is 5.32 Å². The Labute approximate surface area is 163 Å². The van der Waals surface area contributed by atoms with E-state index in [1.807, 2.05) is 18.4 Å². The third-order valence-electron chi connectivity index (χ3n) is 4.37. The number of morpholine rings is 1. The second kappa shape index (κ2) is 9.50. The Kier molecular flexibility index (Phi) is 7.07. The number of rotatable bonds is 7. The molecule has 1 aromatic heterocycles. The van der Waals surface area contributed by atoms with E-state index >= 15 is 0 Å². The molecule has 0 spiro atoms. The van der Waals surface area contributed by atoms with Gasteiger partial charge in [-0.15, -0.1) is 11.3 Å². The standard InChI is InChI=1S/C19H25N3O2S2/c1-14-12-25-19(20-14)26-13-17(23)21-15(2)18(16-6-4-3-5-7-16)22-8-10-24-11-9-22/h3-7,12,15,18H,8-11,13H2,1-2H3,(H,21,23). The Morgan fingerprint density at radius 2 is 2.08 bits per heavy atom. The second-order valence-electron chi connectivity index (χ2n) is 6.40. The fourth-order valence-electron chi connectivity index (χ4n) is 3.22. The highest BCUT2D eigenvalue weighted by atomic mass is 32.2. The number of ether oxygens (including phenoxy) is 1. The van der Waals surface area contributed by atoms with Crippen molar-refractivity contribution in [1.29, 1.82) is 0 Å². The summed E-state index contributed by atoms with van der Waals surface area (Å²) in [5, 5.41) is 5.19. The molecule has 2 heterocycles. The Morgan fingerprint density at radius 1 is 1.35 bits per heavy atom. The van der Waals surface area contributed by atoms with Gasteiger partial charge in [-0.3, -0.25) is 9.69 Å². The first-order valence-corrected chi connectivity index (χ1v) is 10.7. The smallest absolute Gasteiger partial charge is 0.230 e. The lowest BCUT2D eigenvalue weighted by Gasteiger charge is -2.38. The average Bonchev–Trinajstić information content (AvgIpc) is 3.07. The van der Waals surface area contributed by atoms with Crippen molar-refractivity contribution >= 4 is 29.0 Å². The maximum Gasteiger partial charge on any atom is 0.230 e. The minimum absolute atomic E-state index is 0.0154. The first-order chi connectivity index (χ1) is 12.6. The van der Waals surface area contributed by atoms with Gasteiger partial charge in [0, 0.05) is 30.2 Å². The minimum atomic E-state index is 0.0154. The molecule has 1 saturated heterocycles. The summed E-state index contributed by atoms with van der Waals surface area (Å²) < 4.78 is 6.44. The molecule has 0 aliphatic carbocycles. The summed E-state index contributed by atoms with van der Waals surface area (Å²) in [7, 11) is 0.